The topological polar surface area (TPSA) is 81.4 Å². The summed E-state index contributed by atoms with van der Waals surface area (Å²) >= 11 is 0. The van der Waals surface area contributed by atoms with Crippen molar-refractivity contribution in [2.75, 3.05) is 6.61 Å². The van der Waals surface area contributed by atoms with Crippen molar-refractivity contribution in [1.29, 1.82) is 0 Å². The number of esters is 1. The van der Waals surface area contributed by atoms with E-state index >= 15 is 0 Å². The number of hydrogen-bond donors (Lipinski definition) is 2. The zero-order valence-corrected chi connectivity index (χ0v) is 10.6. The monoisotopic (exact) mass is 252 g/mol. The zero-order valence-electron chi connectivity index (χ0n) is 10.6. The van der Waals surface area contributed by atoms with Crippen molar-refractivity contribution >= 4 is 11.9 Å². The van der Waals surface area contributed by atoms with Gasteiger partial charge >= 0.3 is 5.97 Å². The van der Waals surface area contributed by atoms with Gasteiger partial charge in [0.1, 0.15) is 0 Å². The number of amides is 1. The minimum atomic E-state index is -1.18. The molecule has 0 saturated heterocycles. The molecule has 0 aromatic rings. The second-order valence-electron chi connectivity index (χ2n) is 5.75. The van der Waals surface area contributed by atoms with Crippen LogP contribution in [0.3, 0.4) is 0 Å². The average Bonchev–Trinajstić information content (AvgIpc) is 2.75. The molecule has 0 heterocycles. The minimum absolute atomic E-state index is 0.249. The van der Waals surface area contributed by atoms with E-state index in [0.717, 1.165) is 11.8 Å². The first-order valence-corrected chi connectivity index (χ1v) is 6.86. The molecule has 5 unspecified atom stereocenters. The van der Waals surface area contributed by atoms with E-state index in [1.54, 1.807) is 6.92 Å². The first-order chi connectivity index (χ1) is 8.63. The molecule has 3 fully saturated rings. The minimum Gasteiger partial charge on any atom is -0.464 e. The SMILES string of the molecule is CCOC(=O)C(N)C(=O)NC1C2C3CCC(C3)C12. The number of nitrogens with one attached hydrogen (secondary N) is 1. The van der Waals surface area contributed by atoms with E-state index in [4.69, 9.17) is 10.5 Å². The summed E-state index contributed by atoms with van der Waals surface area (Å²) in [6.07, 6.45) is 3.95. The van der Waals surface area contributed by atoms with Crippen LogP contribution < -0.4 is 11.1 Å². The van der Waals surface area contributed by atoms with E-state index < -0.39 is 12.0 Å². The van der Waals surface area contributed by atoms with Crippen molar-refractivity contribution in [3.63, 3.8) is 0 Å². The van der Waals surface area contributed by atoms with E-state index in [2.05, 4.69) is 5.32 Å². The Balaban J connectivity index is 1.52. The Morgan fingerprint density at radius 3 is 2.50 bits per heavy atom. The second kappa shape index (κ2) is 4.23. The molecule has 2 bridgehead atoms. The van der Waals surface area contributed by atoms with E-state index in [1.807, 2.05) is 0 Å². The Morgan fingerprint density at radius 1 is 1.33 bits per heavy atom. The molecular weight excluding hydrogens is 232 g/mol. The van der Waals surface area contributed by atoms with Gasteiger partial charge in [0, 0.05) is 6.04 Å². The number of ether oxygens (including phenoxy) is 1. The first kappa shape index (κ1) is 12.0. The maximum absolute atomic E-state index is 11.8. The molecule has 0 aliphatic heterocycles. The maximum atomic E-state index is 11.8. The van der Waals surface area contributed by atoms with Crippen molar-refractivity contribution in [2.45, 2.75) is 38.3 Å². The van der Waals surface area contributed by atoms with Gasteiger partial charge in [0.2, 0.25) is 5.91 Å². The molecule has 3 saturated carbocycles. The lowest BCUT2D eigenvalue weighted by atomic mass is 10.0. The summed E-state index contributed by atoms with van der Waals surface area (Å²) in [5.41, 5.74) is 5.57. The molecular formula is C13H20N2O3. The maximum Gasteiger partial charge on any atom is 0.332 e. The molecule has 3 aliphatic rings. The molecule has 5 nitrogen and oxygen atoms in total. The standard InChI is InChI=1S/C13H20N2O3/c1-2-18-13(17)10(14)12(16)15-11-8-6-3-4-7(5-6)9(8)11/h6-11H,2-5,14H2,1H3,(H,15,16). The highest BCUT2D eigenvalue weighted by Crippen LogP contribution is 2.65. The highest BCUT2D eigenvalue weighted by molar-refractivity contribution is 6.01. The third kappa shape index (κ3) is 1.72. The van der Waals surface area contributed by atoms with Crippen LogP contribution in [0.25, 0.3) is 0 Å². The Kier molecular flexibility index (Phi) is 2.81. The molecule has 100 valence electrons. The molecule has 3 rings (SSSR count). The van der Waals surface area contributed by atoms with Crippen LogP contribution in [-0.4, -0.2) is 30.6 Å². The summed E-state index contributed by atoms with van der Waals surface area (Å²) in [6, 6.07) is -0.909. The van der Waals surface area contributed by atoms with Gasteiger partial charge in [-0.1, -0.05) is 0 Å². The number of carbonyl (C=O) groups is 2. The van der Waals surface area contributed by atoms with Crippen LogP contribution in [0.15, 0.2) is 0 Å². The van der Waals surface area contributed by atoms with Crippen LogP contribution in [0.4, 0.5) is 0 Å². The quantitative estimate of drug-likeness (QED) is 0.546. The number of rotatable bonds is 4. The fraction of sp³-hybridized carbons (Fsp3) is 0.846. The molecule has 5 atom stereocenters. The van der Waals surface area contributed by atoms with Gasteiger partial charge in [0.25, 0.3) is 0 Å². The van der Waals surface area contributed by atoms with E-state index in [0.29, 0.717) is 11.8 Å². The number of nitrogens with two attached hydrogens (primary N) is 1. The predicted octanol–water partition coefficient (Wildman–Crippen LogP) is 0.0375. The fourth-order valence-corrected chi connectivity index (χ4v) is 4.11. The van der Waals surface area contributed by atoms with Crippen molar-refractivity contribution in [2.24, 2.45) is 29.4 Å². The lowest BCUT2D eigenvalue weighted by Gasteiger charge is -2.14. The van der Waals surface area contributed by atoms with Gasteiger partial charge in [0.15, 0.2) is 6.04 Å². The van der Waals surface area contributed by atoms with Gasteiger partial charge in [-0.25, -0.2) is 4.79 Å². The van der Waals surface area contributed by atoms with Gasteiger partial charge in [-0.15, -0.1) is 0 Å². The van der Waals surface area contributed by atoms with Gasteiger partial charge in [-0.3, -0.25) is 4.79 Å². The smallest absolute Gasteiger partial charge is 0.332 e. The summed E-state index contributed by atoms with van der Waals surface area (Å²) in [5.74, 6) is 1.88. The Hall–Kier alpha value is -1.10. The Morgan fingerprint density at radius 2 is 1.94 bits per heavy atom. The summed E-state index contributed by atoms with van der Waals surface area (Å²) in [6.45, 7) is 1.95. The van der Waals surface area contributed by atoms with Gasteiger partial charge < -0.3 is 15.8 Å². The largest absolute Gasteiger partial charge is 0.464 e. The van der Waals surface area contributed by atoms with Gasteiger partial charge in [0.05, 0.1) is 6.61 Å². The van der Waals surface area contributed by atoms with Crippen LogP contribution in [-0.2, 0) is 14.3 Å². The third-order valence-corrected chi connectivity index (χ3v) is 4.87. The van der Waals surface area contributed by atoms with Gasteiger partial charge in [-0.05, 0) is 49.9 Å². The molecule has 0 radical (unpaired) electrons. The van der Waals surface area contributed by atoms with Crippen molar-refractivity contribution in [3.05, 3.63) is 0 Å². The first-order valence-electron chi connectivity index (χ1n) is 6.86. The van der Waals surface area contributed by atoms with Crippen molar-refractivity contribution in [1.82, 2.24) is 5.32 Å². The van der Waals surface area contributed by atoms with Crippen molar-refractivity contribution in [3.8, 4) is 0 Å². The Bertz CT molecular complexity index is 368. The number of carbonyl (C=O) groups excluding carboxylic acids is 2. The molecule has 18 heavy (non-hydrogen) atoms. The molecule has 0 aromatic carbocycles. The van der Waals surface area contributed by atoms with Crippen LogP contribution in [0.1, 0.15) is 26.2 Å². The third-order valence-electron chi connectivity index (χ3n) is 4.87. The Labute approximate surface area is 106 Å². The van der Waals surface area contributed by atoms with E-state index in [-0.39, 0.29) is 18.6 Å². The number of fused-ring (bicyclic) bond motifs is 5. The molecule has 5 heteroatoms. The van der Waals surface area contributed by atoms with E-state index in [1.165, 1.54) is 19.3 Å². The zero-order chi connectivity index (χ0) is 12.9. The summed E-state index contributed by atoms with van der Waals surface area (Å²) in [4.78, 5) is 23.2. The van der Waals surface area contributed by atoms with Gasteiger partial charge in [-0.2, -0.15) is 0 Å². The van der Waals surface area contributed by atoms with Crippen LogP contribution >= 0.6 is 0 Å². The van der Waals surface area contributed by atoms with Crippen LogP contribution in [0.2, 0.25) is 0 Å². The molecule has 0 aromatic heterocycles. The average molecular weight is 252 g/mol. The van der Waals surface area contributed by atoms with Crippen molar-refractivity contribution < 1.29 is 14.3 Å². The normalized spacial score (nSPS) is 41.1. The second-order valence-corrected chi connectivity index (χ2v) is 5.75. The summed E-state index contributed by atoms with van der Waals surface area (Å²) in [7, 11) is 0. The van der Waals surface area contributed by atoms with Crippen LogP contribution in [0, 0.1) is 23.7 Å². The molecule has 1 amide bonds. The summed E-state index contributed by atoms with van der Waals surface area (Å²) in [5, 5.41) is 2.93. The number of hydrogen-bond acceptors (Lipinski definition) is 4. The van der Waals surface area contributed by atoms with E-state index in [9.17, 15) is 9.59 Å². The fourth-order valence-electron chi connectivity index (χ4n) is 4.11. The molecule has 0 spiro atoms. The highest BCUT2D eigenvalue weighted by Gasteiger charge is 2.65. The lowest BCUT2D eigenvalue weighted by Crippen LogP contribution is -2.48. The molecule has 3 N–H and O–H groups in total. The predicted molar refractivity (Wildman–Crippen MR) is 64.4 cm³/mol. The summed E-state index contributed by atoms with van der Waals surface area (Å²) < 4.78 is 4.75. The highest BCUT2D eigenvalue weighted by atomic mass is 16.5. The lowest BCUT2D eigenvalue weighted by molar-refractivity contribution is -0.148. The van der Waals surface area contributed by atoms with Crippen LogP contribution in [0.5, 0.6) is 0 Å². The molecule has 3 aliphatic carbocycles.